The number of rotatable bonds is 2. The quantitative estimate of drug-likeness (QED) is 0.771. The Bertz CT molecular complexity index is 711. The first-order valence-corrected chi connectivity index (χ1v) is 6.67. The monoisotopic (exact) mass is 264 g/mol. The molecule has 1 aliphatic rings. The molecule has 20 heavy (non-hydrogen) atoms. The molecule has 0 radical (unpaired) electrons. The maximum absolute atomic E-state index is 12.3. The van der Waals surface area contributed by atoms with Gasteiger partial charge in [0.1, 0.15) is 5.75 Å². The van der Waals surface area contributed by atoms with E-state index in [-0.39, 0.29) is 5.78 Å². The number of carbonyl (C=O) groups excluding carboxylic acids is 1. The van der Waals surface area contributed by atoms with Crippen molar-refractivity contribution in [1.29, 1.82) is 0 Å². The second kappa shape index (κ2) is 4.97. The summed E-state index contributed by atoms with van der Waals surface area (Å²) in [6, 6.07) is 13.8. The molecule has 2 aromatic carbocycles. The minimum absolute atomic E-state index is 0.147. The van der Waals surface area contributed by atoms with E-state index < -0.39 is 0 Å². The van der Waals surface area contributed by atoms with E-state index in [9.17, 15) is 4.79 Å². The van der Waals surface area contributed by atoms with Crippen molar-refractivity contribution in [3.8, 4) is 5.75 Å². The first kappa shape index (κ1) is 12.7. The number of hydrogen-bond acceptors (Lipinski definition) is 2. The van der Waals surface area contributed by atoms with Crippen LogP contribution in [0.2, 0.25) is 0 Å². The Labute approximate surface area is 118 Å². The lowest BCUT2D eigenvalue weighted by Crippen LogP contribution is -1.95. The molecule has 0 N–H and O–H groups in total. The summed E-state index contributed by atoms with van der Waals surface area (Å²) in [6.07, 6.45) is 2.70. The minimum Gasteiger partial charge on any atom is -0.496 e. The lowest BCUT2D eigenvalue weighted by atomic mass is 10.1. The van der Waals surface area contributed by atoms with E-state index in [1.54, 1.807) is 7.11 Å². The van der Waals surface area contributed by atoms with Crippen LogP contribution < -0.4 is 4.74 Å². The molecule has 3 rings (SSSR count). The highest BCUT2D eigenvalue weighted by Gasteiger charge is 2.23. The second-order valence-corrected chi connectivity index (χ2v) is 5.06. The molecular weight excluding hydrogens is 248 g/mol. The summed E-state index contributed by atoms with van der Waals surface area (Å²) in [6.45, 7) is 2.01. The highest BCUT2D eigenvalue weighted by molar-refractivity contribution is 6.15. The van der Waals surface area contributed by atoms with Crippen LogP contribution in [0.3, 0.4) is 0 Å². The maximum atomic E-state index is 12.3. The first-order chi connectivity index (χ1) is 9.69. The number of methoxy groups -OCH3 is 1. The van der Waals surface area contributed by atoms with Crippen molar-refractivity contribution in [2.24, 2.45) is 0 Å². The Morgan fingerprint density at radius 3 is 2.65 bits per heavy atom. The van der Waals surface area contributed by atoms with Crippen molar-refractivity contribution in [3.05, 3.63) is 70.3 Å². The van der Waals surface area contributed by atoms with Crippen molar-refractivity contribution in [2.75, 3.05) is 7.11 Å². The number of hydrogen-bond donors (Lipinski definition) is 0. The third kappa shape index (κ3) is 2.14. The summed E-state index contributed by atoms with van der Waals surface area (Å²) < 4.78 is 5.25. The Morgan fingerprint density at radius 1 is 1.15 bits per heavy atom. The Hall–Kier alpha value is -2.35. The van der Waals surface area contributed by atoms with Crippen LogP contribution in [0.15, 0.2) is 48.0 Å². The number of benzene rings is 2. The molecule has 0 unspecified atom stereocenters. The summed E-state index contributed by atoms with van der Waals surface area (Å²) >= 11 is 0. The molecule has 1 aliphatic carbocycles. The SMILES string of the molecule is COc1ccc(C=C2Cc3ccccc3C2=O)cc1C. The number of carbonyl (C=O) groups is 1. The van der Waals surface area contributed by atoms with Gasteiger partial charge >= 0.3 is 0 Å². The summed E-state index contributed by atoms with van der Waals surface area (Å²) in [4.78, 5) is 12.3. The van der Waals surface area contributed by atoms with Crippen molar-refractivity contribution < 1.29 is 9.53 Å². The number of allylic oxidation sites excluding steroid dienone is 1. The van der Waals surface area contributed by atoms with Gasteiger partial charge in [0.25, 0.3) is 0 Å². The van der Waals surface area contributed by atoms with Crippen molar-refractivity contribution >= 4 is 11.9 Å². The highest BCUT2D eigenvalue weighted by Crippen LogP contribution is 2.28. The van der Waals surface area contributed by atoms with Crippen molar-refractivity contribution in [1.82, 2.24) is 0 Å². The van der Waals surface area contributed by atoms with E-state index in [2.05, 4.69) is 0 Å². The standard InChI is InChI=1S/C18H16O2/c1-12-9-13(7-8-17(12)20-2)10-15-11-14-5-3-4-6-16(14)18(15)19/h3-10H,11H2,1-2H3. The zero-order valence-corrected chi connectivity index (χ0v) is 11.6. The van der Waals surface area contributed by atoms with Gasteiger partial charge in [-0.15, -0.1) is 0 Å². The van der Waals surface area contributed by atoms with E-state index in [1.807, 2.05) is 55.5 Å². The topological polar surface area (TPSA) is 26.3 Å². The molecule has 0 saturated carbocycles. The lowest BCUT2D eigenvalue weighted by molar-refractivity contribution is 0.104. The van der Waals surface area contributed by atoms with Gasteiger partial charge in [-0.2, -0.15) is 0 Å². The van der Waals surface area contributed by atoms with Gasteiger partial charge in [-0.1, -0.05) is 30.3 Å². The third-order valence-electron chi connectivity index (χ3n) is 3.69. The predicted octanol–water partition coefficient (Wildman–Crippen LogP) is 3.83. The number of Topliss-reactive ketones (excluding diaryl/α,β-unsaturated/α-hetero) is 1. The average Bonchev–Trinajstić information content (AvgIpc) is 2.76. The van der Waals surface area contributed by atoms with Gasteiger partial charge in [0.05, 0.1) is 7.11 Å². The zero-order chi connectivity index (χ0) is 14.1. The summed E-state index contributed by atoms with van der Waals surface area (Å²) in [7, 11) is 1.66. The van der Waals surface area contributed by atoms with Crippen LogP contribution in [-0.2, 0) is 6.42 Å². The van der Waals surface area contributed by atoms with Gasteiger partial charge < -0.3 is 4.74 Å². The largest absolute Gasteiger partial charge is 0.496 e. The Kier molecular flexibility index (Phi) is 3.15. The fourth-order valence-electron chi connectivity index (χ4n) is 2.66. The predicted molar refractivity (Wildman–Crippen MR) is 80.2 cm³/mol. The summed E-state index contributed by atoms with van der Waals surface area (Å²) in [5.41, 5.74) is 4.93. The molecule has 0 aliphatic heterocycles. The molecule has 0 amide bonds. The molecule has 0 spiro atoms. The number of ketones is 1. The van der Waals surface area contributed by atoms with Crippen LogP contribution in [0.5, 0.6) is 5.75 Å². The van der Waals surface area contributed by atoms with Crippen LogP contribution in [0.1, 0.15) is 27.0 Å². The number of aryl methyl sites for hydroxylation is 1. The summed E-state index contributed by atoms with van der Waals surface area (Å²) in [5, 5.41) is 0. The molecule has 2 heteroatoms. The first-order valence-electron chi connectivity index (χ1n) is 6.67. The molecular formula is C18H16O2. The fourth-order valence-corrected chi connectivity index (χ4v) is 2.66. The van der Waals surface area contributed by atoms with Crippen LogP contribution in [-0.4, -0.2) is 12.9 Å². The highest BCUT2D eigenvalue weighted by atomic mass is 16.5. The molecule has 0 fully saturated rings. The molecule has 0 aromatic heterocycles. The van der Waals surface area contributed by atoms with E-state index in [1.165, 1.54) is 0 Å². The normalized spacial score (nSPS) is 15.5. The minimum atomic E-state index is 0.147. The number of ether oxygens (including phenoxy) is 1. The van der Waals surface area contributed by atoms with Gasteiger partial charge in [0.2, 0.25) is 0 Å². The molecule has 0 saturated heterocycles. The van der Waals surface area contributed by atoms with Gasteiger partial charge in [-0.3, -0.25) is 4.79 Å². The van der Waals surface area contributed by atoms with Crippen LogP contribution in [0, 0.1) is 6.92 Å². The van der Waals surface area contributed by atoms with Gasteiger partial charge in [-0.25, -0.2) is 0 Å². The molecule has 100 valence electrons. The number of fused-ring (bicyclic) bond motifs is 1. The second-order valence-electron chi connectivity index (χ2n) is 5.06. The van der Waals surface area contributed by atoms with Crippen LogP contribution in [0.25, 0.3) is 6.08 Å². The average molecular weight is 264 g/mol. The molecule has 0 heterocycles. The van der Waals surface area contributed by atoms with E-state index in [0.717, 1.165) is 40.0 Å². The zero-order valence-electron chi connectivity index (χ0n) is 11.6. The van der Waals surface area contributed by atoms with Gasteiger partial charge in [-0.05, 0) is 41.8 Å². The smallest absolute Gasteiger partial charge is 0.189 e. The summed E-state index contributed by atoms with van der Waals surface area (Å²) in [5.74, 6) is 1.02. The molecule has 0 atom stereocenters. The Balaban J connectivity index is 1.95. The fraction of sp³-hybridized carbons (Fsp3) is 0.167. The molecule has 2 aromatic rings. The third-order valence-corrected chi connectivity index (χ3v) is 3.69. The van der Waals surface area contributed by atoms with Crippen molar-refractivity contribution in [3.63, 3.8) is 0 Å². The molecule has 0 bridgehead atoms. The van der Waals surface area contributed by atoms with Gasteiger partial charge in [0.15, 0.2) is 5.78 Å². The van der Waals surface area contributed by atoms with E-state index in [4.69, 9.17) is 4.74 Å². The maximum Gasteiger partial charge on any atom is 0.189 e. The van der Waals surface area contributed by atoms with Crippen LogP contribution in [0.4, 0.5) is 0 Å². The Morgan fingerprint density at radius 2 is 1.95 bits per heavy atom. The van der Waals surface area contributed by atoms with Gasteiger partial charge in [0, 0.05) is 17.6 Å². The van der Waals surface area contributed by atoms with E-state index >= 15 is 0 Å². The van der Waals surface area contributed by atoms with Crippen molar-refractivity contribution in [2.45, 2.75) is 13.3 Å². The lowest BCUT2D eigenvalue weighted by Gasteiger charge is -2.05. The van der Waals surface area contributed by atoms with Crippen LogP contribution >= 0.6 is 0 Å². The van der Waals surface area contributed by atoms with E-state index in [0.29, 0.717) is 0 Å². The molecule has 2 nitrogen and oxygen atoms in total.